The van der Waals surface area contributed by atoms with Crippen LogP contribution in [0.4, 0.5) is 10.7 Å². The summed E-state index contributed by atoms with van der Waals surface area (Å²) in [5, 5.41) is 1.21. The van der Waals surface area contributed by atoms with Crippen LogP contribution < -0.4 is 10.6 Å². The van der Waals surface area contributed by atoms with Crippen LogP contribution in [0.2, 0.25) is 0 Å². The quantitative estimate of drug-likeness (QED) is 0.865. The van der Waals surface area contributed by atoms with Gasteiger partial charge in [0.1, 0.15) is 0 Å². The third-order valence-corrected chi connectivity index (χ3v) is 5.18. The first-order chi connectivity index (χ1) is 9.08. The van der Waals surface area contributed by atoms with Gasteiger partial charge in [-0.3, -0.25) is 4.79 Å². The van der Waals surface area contributed by atoms with Crippen molar-refractivity contribution in [1.82, 2.24) is 0 Å². The lowest BCUT2D eigenvalue weighted by Gasteiger charge is -2.32. The Hall–Kier alpha value is -1.07. The van der Waals surface area contributed by atoms with Gasteiger partial charge in [0.05, 0.1) is 28.3 Å². The van der Waals surface area contributed by atoms with Crippen LogP contribution in [0.1, 0.15) is 47.8 Å². The topological polar surface area (TPSA) is 55.6 Å². The minimum absolute atomic E-state index is 0.0805. The lowest BCUT2D eigenvalue weighted by atomic mass is 10.1. The summed E-state index contributed by atoms with van der Waals surface area (Å²) in [5.74, 6) is 0.648. The van der Waals surface area contributed by atoms with Gasteiger partial charge in [-0.1, -0.05) is 0 Å². The van der Waals surface area contributed by atoms with Crippen molar-refractivity contribution in [1.29, 1.82) is 0 Å². The van der Waals surface area contributed by atoms with E-state index in [0.717, 1.165) is 30.3 Å². The minimum Gasteiger partial charge on any atom is -0.397 e. The molecule has 1 atom stereocenters. The van der Waals surface area contributed by atoms with Gasteiger partial charge in [0.25, 0.3) is 0 Å². The fourth-order valence-corrected chi connectivity index (χ4v) is 3.95. The zero-order valence-corrected chi connectivity index (χ0v) is 12.3. The van der Waals surface area contributed by atoms with Crippen LogP contribution in [0.5, 0.6) is 0 Å². The van der Waals surface area contributed by atoms with Crippen molar-refractivity contribution >= 4 is 27.8 Å². The molecule has 1 saturated carbocycles. The SMILES string of the molecule is CC(=O)c1sc(N2CCOC(C)C2)c(C2CC2)c1N. The predicted octanol–water partition coefficient (Wildman–Crippen LogP) is 2.64. The van der Waals surface area contributed by atoms with Crippen LogP contribution in [-0.2, 0) is 4.74 Å². The molecule has 2 heterocycles. The molecule has 2 aliphatic rings. The van der Waals surface area contributed by atoms with Crippen molar-refractivity contribution in [3.8, 4) is 0 Å². The zero-order chi connectivity index (χ0) is 13.6. The van der Waals surface area contributed by atoms with E-state index in [1.807, 2.05) is 0 Å². The van der Waals surface area contributed by atoms with Crippen molar-refractivity contribution in [3.05, 3.63) is 10.4 Å². The van der Waals surface area contributed by atoms with E-state index in [0.29, 0.717) is 5.92 Å². The number of anilines is 2. The average molecular weight is 280 g/mol. The smallest absolute Gasteiger partial charge is 0.171 e. The normalized spacial score (nSPS) is 23.7. The maximum Gasteiger partial charge on any atom is 0.171 e. The van der Waals surface area contributed by atoms with Crippen LogP contribution in [0.3, 0.4) is 0 Å². The molecule has 0 aromatic carbocycles. The van der Waals surface area contributed by atoms with Gasteiger partial charge in [0.2, 0.25) is 0 Å². The van der Waals surface area contributed by atoms with Gasteiger partial charge >= 0.3 is 0 Å². The third kappa shape index (κ3) is 2.37. The van der Waals surface area contributed by atoms with E-state index in [4.69, 9.17) is 10.5 Å². The zero-order valence-electron chi connectivity index (χ0n) is 11.4. The van der Waals surface area contributed by atoms with Crippen LogP contribution in [-0.4, -0.2) is 31.6 Å². The number of hydrogen-bond acceptors (Lipinski definition) is 5. The number of ketones is 1. The highest BCUT2D eigenvalue weighted by molar-refractivity contribution is 7.18. The molecule has 1 aliphatic carbocycles. The monoisotopic (exact) mass is 280 g/mol. The Bertz CT molecular complexity index is 508. The molecule has 1 unspecified atom stereocenters. The summed E-state index contributed by atoms with van der Waals surface area (Å²) in [6.45, 7) is 6.22. The number of nitrogens with two attached hydrogens (primary N) is 1. The highest BCUT2D eigenvalue weighted by Gasteiger charge is 2.34. The van der Waals surface area contributed by atoms with Crippen LogP contribution in [0, 0.1) is 0 Å². The number of nitrogens with zero attached hydrogens (tertiary/aromatic N) is 1. The molecule has 4 nitrogen and oxygen atoms in total. The molecule has 0 spiro atoms. The summed E-state index contributed by atoms with van der Waals surface area (Å²) in [7, 11) is 0. The molecular formula is C14H20N2O2S. The van der Waals surface area contributed by atoms with E-state index in [-0.39, 0.29) is 11.9 Å². The molecule has 2 fully saturated rings. The van der Waals surface area contributed by atoms with Gasteiger partial charge in [0.15, 0.2) is 5.78 Å². The molecule has 2 N–H and O–H groups in total. The number of carbonyl (C=O) groups excluding carboxylic acids is 1. The van der Waals surface area contributed by atoms with Crippen molar-refractivity contribution in [2.24, 2.45) is 0 Å². The van der Waals surface area contributed by atoms with Crippen molar-refractivity contribution in [2.45, 2.75) is 38.7 Å². The summed E-state index contributed by atoms with van der Waals surface area (Å²) in [6, 6.07) is 0. The van der Waals surface area contributed by atoms with Gasteiger partial charge in [-0.25, -0.2) is 0 Å². The van der Waals surface area contributed by atoms with Crippen LogP contribution in [0.15, 0.2) is 0 Å². The second-order valence-electron chi connectivity index (χ2n) is 5.52. The maximum atomic E-state index is 11.7. The molecule has 1 aromatic heterocycles. The summed E-state index contributed by atoms with van der Waals surface area (Å²) in [6.07, 6.45) is 2.64. The Labute approximate surface area is 117 Å². The molecule has 3 rings (SSSR count). The minimum atomic E-state index is 0.0805. The van der Waals surface area contributed by atoms with E-state index >= 15 is 0 Å². The highest BCUT2D eigenvalue weighted by Crippen LogP contribution is 2.52. The Balaban J connectivity index is 1.99. The Morgan fingerprint density at radius 3 is 2.79 bits per heavy atom. The molecule has 1 saturated heterocycles. The molecule has 1 aliphatic heterocycles. The van der Waals surface area contributed by atoms with Gasteiger partial charge < -0.3 is 15.4 Å². The number of thiophene rings is 1. The second kappa shape index (κ2) is 4.80. The summed E-state index contributed by atoms with van der Waals surface area (Å²) in [5.41, 5.74) is 8.18. The van der Waals surface area contributed by atoms with Crippen molar-refractivity contribution in [3.63, 3.8) is 0 Å². The number of morpholine rings is 1. The molecular weight excluding hydrogens is 260 g/mol. The number of rotatable bonds is 3. The molecule has 19 heavy (non-hydrogen) atoms. The number of Topliss-reactive ketones (excluding diaryl/α,β-unsaturated/α-hetero) is 1. The summed E-state index contributed by atoms with van der Waals surface area (Å²) in [4.78, 5) is 14.8. The van der Waals surface area contributed by atoms with Gasteiger partial charge in [-0.2, -0.15) is 0 Å². The lowest BCUT2D eigenvalue weighted by Crippen LogP contribution is -2.41. The van der Waals surface area contributed by atoms with Gasteiger partial charge in [0, 0.05) is 25.6 Å². The number of hydrogen-bond donors (Lipinski definition) is 1. The Morgan fingerprint density at radius 2 is 2.21 bits per heavy atom. The summed E-state index contributed by atoms with van der Waals surface area (Å²) < 4.78 is 5.59. The molecule has 0 radical (unpaired) electrons. The fourth-order valence-electron chi connectivity index (χ4n) is 2.71. The van der Waals surface area contributed by atoms with E-state index in [9.17, 15) is 4.79 Å². The predicted molar refractivity (Wildman–Crippen MR) is 78.3 cm³/mol. The number of ether oxygens (including phenoxy) is 1. The molecule has 1 aromatic rings. The fraction of sp³-hybridized carbons (Fsp3) is 0.643. The van der Waals surface area contributed by atoms with Crippen LogP contribution in [0.25, 0.3) is 0 Å². The van der Waals surface area contributed by atoms with E-state index in [1.54, 1.807) is 18.3 Å². The van der Waals surface area contributed by atoms with E-state index < -0.39 is 0 Å². The summed E-state index contributed by atoms with van der Waals surface area (Å²) >= 11 is 1.57. The molecule has 104 valence electrons. The molecule has 5 heteroatoms. The Kier molecular flexibility index (Phi) is 3.27. The first kappa shape index (κ1) is 12.9. The van der Waals surface area contributed by atoms with Crippen molar-refractivity contribution < 1.29 is 9.53 Å². The largest absolute Gasteiger partial charge is 0.397 e. The van der Waals surface area contributed by atoms with Gasteiger partial charge in [-0.15, -0.1) is 11.3 Å². The first-order valence-corrected chi connectivity index (χ1v) is 7.69. The standard InChI is InChI=1S/C14H20N2O2S/c1-8-7-16(5-6-18-8)14-11(10-3-4-10)12(15)13(19-14)9(2)17/h8,10H,3-7,15H2,1-2H3. The lowest BCUT2D eigenvalue weighted by molar-refractivity contribution is 0.0534. The molecule has 0 amide bonds. The number of nitrogen functional groups attached to an aromatic ring is 1. The number of carbonyl (C=O) groups is 1. The van der Waals surface area contributed by atoms with E-state index in [2.05, 4.69) is 11.8 Å². The Morgan fingerprint density at radius 1 is 1.47 bits per heavy atom. The highest BCUT2D eigenvalue weighted by atomic mass is 32.1. The van der Waals surface area contributed by atoms with E-state index in [1.165, 1.54) is 23.4 Å². The molecule has 0 bridgehead atoms. The van der Waals surface area contributed by atoms with Crippen LogP contribution >= 0.6 is 11.3 Å². The first-order valence-electron chi connectivity index (χ1n) is 6.87. The van der Waals surface area contributed by atoms with Crippen molar-refractivity contribution in [2.75, 3.05) is 30.3 Å². The average Bonchev–Trinajstić information content (AvgIpc) is 3.12. The maximum absolute atomic E-state index is 11.7. The van der Waals surface area contributed by atoms with Gasteiger partial charge in [-0.05, 0) is 25.7 Å². The second-order valence-corrected chi connectivity index (χ2v) is 6.52. The third-order valence-electron chi connectivity index (χ3n) is 3.80.